The molecule has 0 amide bonds. The fourth-order valence-corrected chi connectivity index (χ4v) is 4.29. The van der Waals surface area contributed by atoms with Crippen LogP contribution in [-0.2, 0) is 9.84 Å². The monoisotopic (exact) mass is 377 g/mol. The number of rotatable bonds is 4. The topological polar surface area (TPSA) is 136 Å². The summed E-state index contributed by atoms with van der Waals surface area (Å²) in [5.74, 6) is -1.96. The maximum atomic E-state index is 11.8. The first-order valence-corrected chi connectivity index (χ1v) is 9.54. The van der Waals surface area contributed by atoms with Crippen LogP contribution >= 0.6 is 11.3 Å². The van der Waals surface area contributed by atoms with Crippen molar-refractivity contribution in [2.24, 2.45) is 0 Å². The van der Waals surface area contributed by atoms with E-state index in [1.807, 2.05) is 0 Å². The normalized spacial score (nSPS) is 12.2. The summed E-state index contributed by atoms with van der Waals surface area (Å²) in [6.07, 6.45) is 0. The summed E-state index contributed by atoms with van der Waals surface area (Å²) in [6.45, 7) is 0. The quantitative estimate of drug-likeness (QED) is 0.430. The molecular formula is C15H11N3O5S2. The van der Waals surface area contributed by atoms with Gasteiger partial charge in [-0.3, -0.25) is 5.10 Å². The van der Waals surface area contributed by atoms with Crippen molar-refractivity contribution in [1.82, 2.24) is 15.2 Å². The number of aliphatic hydroxyl groups excluding tert-OH is 1. The highest BCUT2D eigenvalue weighted by molar-refractivity contribution is 7.91. The van der Waals surface area contributed by atoms with Crippen LogP contribution in [-0.4, -0.2) is 45.7 Å². The molecule has 4 aromatic rings. The second kappa shape index (κ2) is 5.41. The van der Waals surface area contributed by atoms with Gasteiger partial charge in [0, 0.05) is 10.9 Å². The fraction of sp³-hybridized carbons (Fsp3) is 0.0667. The number of aromatic nitrogens is 3. The van der Waals surface area contributed by atoms with E-state index < -0.39 is 21.7 Å². The van der Waals surface area contributed by atoms with E-state index in [0.717, 1.165) is 11.3 Å². The van der Waals surface area contributed by atoms with E-state index in [4.69, 9.17) is 10.2 Å². The summed E-state index contributed by atoms with van der Waals surface area (Å²) in [7, 11) is -3.72. The fourth-order valence-electron chi connectivity index (χ4n) is 2.61. The third-order valence-electron chi connectivity index (χ3n) is 3.82. The molecule has 8 nitrogen and oxygen atoms in total. The summed E-state index contributed by atoms with van der Waals surface area (Å²) in [4.78, 5) is 14.5. The van der Waals surface area contributed by atoms with Crippen LogP contribution in [0.3, 0.4) is 0 Å². The van der Waals surface area contributed by atoms with Gasteiger partial charge in [0.05, 0.1) is 20.8 Å². The summed E-state index contributed by atoms with van der Waals surface area (Å²) >= 11 is 1.11. The summed E-state index contributed by atoms with van der Waals surface area (Å²) < 4.78 is 24.3. The maximum absolute atomic E-state index is 11.8. The van der Waals surface area contributed by atoms with Gasteiger partial charge in [0.1, 0.15) is 16.5 Å². The first kappa shape index (κ1) is 15.8. The Morgan fingerprint density at radius 3 is 2.72 bits per heavy atom. The number of benzene rings is 1. The van der Waals surface area contributed by atoms with Crippen molar-refractivity contribution in [3.8, 4) is 11.4 Å². The van der Waals surface area contributed by atoms with Gasteiger partial charge in [-0.25, -0.2) is 13.2 Å². The van der Waals surface area contributed by atoms with Gasteiger partial charge < -0.3 is 15.2 Å². The van der Waals surface area contributed by atoms with Crippen LogP contribution in [0.25, 0.3) is 32.5 Å². The van der Waals surface area contributed by atoms with Gasteiger partial charge in [0.25, 0.3) is 0 Å². The lowest BCUT2D eigenvalue weighted by Crippen LogP contribution is -2.05. The predicted molar refractivity (Wildman–Crippen MR) is 92.5 cm³/mol. The Balaban J connectivity index is 1.86. The van der Waals surface area contributed by atoms with E-state index >= 15 is 0 Å². The number of sulfone groups is 1. The molecule has 25 heavy (non-hydrogen) atoms. The zero-order valence-corrected chi connectivity index (χ0v) is 14.1. The van der Waals surface area contributed by atoms with Gasteiger partial charge in [-0.1, -0.05) is 0 Å². The number of thiophene rings is 1. The van der Waals surface area contributed by atoms with Crippen LogP contribution in [0.5, 0.6) is 0 Å². The van der Waals surface area contributed by atoms with Crippen LogP contribution in [0.15, 0.2) is 35.2 Å². The highest BCUT2D eigenvalue weighted by atomic mass is 32.2. The molecule has 0 saturated carbocycles. The van der Waals surface area contributed by atoms with Crippen LogP contribution in [0, 0.1) is 0 Å². The number of nitrogens with one attached hydrogen (secondary N) is 2. The highest BCUT2D eigenvalue weighted by Crippen LogP contribution is 2.34. The zero-order chi connectivity index (χ0) is 17.8. The number of carboxylic acid groups (broad SMARTS) is 1. The van der Waals surface area contributed by atoms with Crippen molar-refractivity contribution >= 4 is 48.3 Å². The minimum atomic E-state index is -3.72. The van der Waals surface area contributed by atoms with Crippen LogP contribution in [0.2, 0.25) is 0 Å². The molecule has 0 aliphatic rings. The van der Waals surface area contributed by atoms with E-state index in [1.54, 1.807) is 12.1 Å². The van der Waals surface area contributed by atoms with E-state index in [1.165, 1.54) is 18.2 Å². The van der Waals surface area contributed by atoms with Crippen molar-refractivity contribution in [2.45, 2.75) is 4.90 Å². The molecule has 0 aliphatic heterocycles. The maximum Gasteiger partial charge on any atom is 0.345 e. The number of aromatic amines is 2. The van der Waals surface area contributed by atoms with Gasteiger partial charge in [-0.2, -0.15) is 5.10 Å². The van der Waals surface area contributed by atoms with Crippen molar-refractivity contribution in [1.29, 1.82) is 0 Å². The van der Waals surface area contributed by atoms with E-state index in [-0.39, 0.29) is 9.77 Å². The SMILES string of the molecule is O=C(O)c1cc2[nH]nc(-c3cc4cc(S(=O)(=O)CO)ccc4[nH]3)c2s1. The minimum absolute atomic E-state index is 0.0320. The number of carbonyl (C=O) groups is 1. The van der Waals surface area contributed by atoms with Crippen molar-refractivity contribution in [3.63, 3.8) is 0 Å². The minimum Gasteiger partial charge on any atom is -0.477 e. The standard InChI is InChI=1S/C15H11N3O5S2/c19-6-25(22,23)8-1-2-9-7(3-8)4-10(16-9)13-14-11(17-18-13)5-12(24-14)15(20)21/h1-5,16,19H,6H2,(H,17,18)(H,20,21). The molecule has 0 aliphatic carbocycles. The lowest BCUT2D eigenvalue weighted by molar-refractivity contribution is 0.0702. The second-order valence-electron chi connectivity index (χ2n) is 5.41. The molecule has 0 radical (unpaired) electrons. The molecule has 3 aromatic heterocycles. The molecule has 0 saturated heterocycles. The summed E-state index contributed by atoms with van der Waals surface area (Å²) in [5.41, 5.74) is 2.53. The van der Waals surface area contributed by atoms with Gasteiger partial charge in [0.2, 0.25) is 9.84 Å². The molecule has 0 unspecified atom stereocenters. The molecule has 10 heteroatoms. The largest absolute Gasteiger partial charge is 0.477 e. The summed E-state index contributed by atoms with van der Waals surface area (Å²) in [6, 6.07) is 7.76. The first-order valence-electron chi connectivity index (χ1n) is 7.07. The number of H-pyrrole nitrogens is 2. The van der Waals surface area contributed by atoms with Crippen molar-refractivity contribution < 1.29 is 23.4 Å². The number of nitrogens with zero attached hydrogens (tertiary/aromatic N) is 1. The van der Waals surface area contributed by atoms with Gasteiger partial charge in [-0.15, -0.1) is 11.3 Å². The molecule has 0 atom stereocenters. The molecule has 0 fully saturated rings. The summed E-state index contributed by atoms with van der Waals surface area (Å²) in [5, 5.41) is 25.7. The Hall–Kier alpha value is -2.69. The Labute approximate surface area is 144 Å². The Morgan fingerprint density at radius 1 is 1.20 bits per heavy atom. The molecule has 0 bridgehead atoms. The van der Waals surface area contributed by atoms with Crippen LogP contribution in [0.4, 0.5) is 0 Å². The average molecular weight is 377 g/mol. The third-order valence-corrected chi connectivity index (χ3v) is 6.26. The molecule has 128 valence electrons. The molecule has 3 heterocycles. The van der Waals surface area contributed by atoms with Crippen molar-refractivity contribution in [2.75, 3.05) is 5.94 Å². The number of fused-ring (bicyclic) bond motifs is 2. The van der Waals surface area contributed by atoms with E-state index in [9.17, 15) is 13.2 Å². The lowest BCUT2D eigenvalue weighted by atomic mass is 10.2. The van der Waals surface area contributed by atoms with Crippen LogP contribution in [0.1, 0.15) is 9.67 Å². The molecule has 4 N–H and O–H groups in total. The molecule has 1 aromatic carbocycles. The average Bonchev–Trinajstić information content (AvgIpc) is 3.26. The second-order valence-corrected chi connectivity index (χ2v) is 8.42. The van der Waals surface area contributed by atoms with E-state index in [0.29, 0.717) is 32.5 Å². The number of carboxylic acids is 1. The first-order chi connectivity index (χ1) is 11.9. The predicted octanol–water partition coefficient (Wildman–Crippen LogP) is 2.19. The number of hydrogen-bond donors (Lipinski definition) is 4. The van der Waals surface area contributed by atoms with Crippen LogP contribution < -0.4 is 0 Å². The Kier molecular flexibility index (Phi) is 3.42. The molecular weight excluding hydrogens is 366 g/mol. The lowest BCUT2D eigenvalue weighted by Gasteiger charge is -1.99. The van der Waals surface area contributed by atoms with E-state index in [2.05, 4.69) is 15.2 Å². The smallest absolute Gasteiger partial charge is 0.345 e. The van der Waals surface area contributed by atoms with Gasteiger partial charge >= 0.3 is 5.97 Å². The van der Waals surface area contributed by atoms with Crippen molar-refractivity contribution in [3.05, 3.63) is 35.2 Å². The molecule has 4 rings (SSSR count). The van der Waals surface area contributed by atoms with Gasteiger partial charge in [-0.05, 0) is 30.3 Å². The third kappa shape index (κ3) is 2.51. The number of aliphatic hydroxyl groups is 1. The Morgan fingerprint density at radius 2 is 2.00 bits per heavy atom. The number of hydrogen-bond acceptors (Lipinski definition) is 6. The highest BCUT2D eigenvalue weighted by Gasteiger charge is 2.18. The van der Waals surface area contributed by atoms with Gasteiger partial charge in [0.15, 0.2) is 0 Å². The zero-order valence-electron chi connectivity index (χ0n) is 12.5. The molecule has 0 spiro atoms. The Bertz CT molecular complexity index is 1230. The number of aromatic carboxylic acids is 1.